The van der Waals surface area contributed by atoms with Gasteiger partial charge in [-0.15, -0.1) is 0 Å². The topological polar surface area (TPSA) is 34.1 Å². The molecular formula is C24H18O2. The lowest BCUT2D eigenvalue weighted by atomic mass is 9.77. The lowest BCUT2D eigenvalue weighted by Gasteiger charge is -2.23. The molecule has 1 fully saturated rings. The summed E-state index contributed by atoms with van der Waals surface area (Å²) >= 11 is 0. The zero-order valence-corrected chi connectivity index (χ0v) is 14.5. The quantitative estimate of drug-likeness (QED) is 0.679. The molecule has 0 amide bonds. The fourth-order valence-corrected chi connectivity index (χ4v) is 5.22. The van der Waals surface area contributed by atoms with Crippen molar-refractivity contribution in [2.45, 2.75) is 12.3 Å². The number of carbonyl (C=O) groups is 2. The van der Waals surface area contributed by atoms with Gasteiger partial charge >= 0.3 is 0 Å². The SMILES string of the molecule is C[C@]12C(=O)c3ccccc3C(=O)[C@H]1C2(c1ccccc1)c1ccccc1. The highest BCUT2D eigenvalue weighted by atomic mass is 16.1. The van der Waals surface area contributed by atoms with Gasteiger partial charge in [-0.1, -0.05) is 91.9 Å². The van der Waals surface area contributed by atoms with E-state index < -0.39 is 10.8 Å². The Kier molecular flexibility index (Phi) is 2.94. The van der Waals surface area contributed by atoms with Gasteiger partial charge in [0.25, 0.3) is 0 Å². The number of carbonyl (C=O) groups excluding carboxylic acids is 2. The maximum atomic E-state index is 13.5. The molecule has 2 nitrogen and oxygen atoms in total. The van der Waals surface area contributed by atoms with E-state index in [9.17, 15) is 9.59 Å². The summed E-state index contributed by atoms with van der Waals surface area (Å²) < 4.78 is 0. The van der Waals surface area contributed by atoms with E-state index in [1.54, 1.807) is 12.1 Å². The lowest BCUT2D eigenvalue weighted by molar-refractivity contribution is 0.0822. The zero-order chi connectivity index (χ0) is 17.9. The van der Waals surface area contributed by atoms with Crippen LogP contribution in [0.25, 0.3) is 0 Å². The van der Waals surface area contributed by atoms with Crippen molar-refractivity contribution in [2.75, 3.05) is 0 Å². The van der Waals surface area contributed by atoms with Crippen LogP contribution in [0, 0.1) is 11.3 Å². The molecule has 0 saturated heterocycles. The summed E-state index contributed by atoms with van der Waals surface area (Å²) in [5.41, 5.74) is 1.84. The van der Waals surface area contributed by atoms with Crippen molar-refractivity contribution in [2.24, 2.45) is 11.3 Å². The Morgan fingerprint density at radius 1 is 0.654 bits per heavy atom. The Morgan fingerprint density at radius 3 is 1.65 bits per heavy atom. The summed E-state index contributed by atoms with van der Waals surface area (Å²) in [5.74, 6) is -0.206. The van der Waals surface area contributed by atoms with E-state index in [1.807, 2.05) is 79.7 Å². The molecule has 2 atom stereocenters. The average Bonchev–Trinajstić information content (AvgIpc) is 3.30. The van der Waals surface area contributed by atoms with Crippen molar-refractivity contribution in [1.82, 2.24) is 0 Å². The molecule has 0 bridgehead atoms. The van der Waals surface area contributed by atoms with E-state index in [4.69, 9.17) is 0 Å². The van der Waals surface area contributed by atoms with Gasteiger partial charge in [-0.2, -0.15) is 0 Å². The van der Waals surface area contributed by atoms with Crippen molar-refractivity contribution in [3.63, 3.8) is 0 Å². The van der Waals surface area contributed by atoms with Gasteiger partial charge in [-0.25, -0.2) is 0 Å². The van der Waals surface area contributed by atoms with Crippen LogP contribution in [-0.4, -0.2) is 11.6 Å². The lowest BCUT2D eigenvalue weighted by Crippen LogP contribution is -2.28. The minimum atomic E-state index is -0.749. The third-order valence-corrected chi connectivity index (χ3v) is 6.38. The van der Waals surface area contributed by atoms with Gasteiger partial charge in [0.2, 0.25) is 0 Å². The normalized spacial score (nSPS) is 25.3. The van der Waals surface area contributed by atoms with E-state index in [2.05, 4.69) is 0 Å². The summed E-state index contributed by atoms with van der Waals surface area (Å²) in [6.07, 6.45) is 0. The highest BCUT2D eigenvalue weighted by molar-refractivity contribution is 6.23. The molecule has 2 aliphatic carbocycles. The van der Waals surface area contributed by atoms with Crippen LogP contribution < -0.4 is 0 Å². The number of benzene rings is 3. The highest BCUT2D eigenvalue weighted by Crippen LogP contribution is 2.75. The first-order chi connectivity index (χ1) is 12.6. The largest absolute Gasteiger partial charge is 0.294 e. The molecule has 3 aromatic carbocycles. The molecule has 2 aliphatic rings. The predicted molar refractivity (Wildman–Crippen MR) is 100 cm³/mol. The third kappa shape index (κ3) is 1.58. The van der Waals surface area contributed by atoms with Gasteiger partial charge in [0, 0.05) is 16.5 Å². The van der Waals surface area contributed by atoms with Crippen LogP contribution in [0.1, 0.15) is 38.8 Å². The molecule has 1 saturated carbocycles. The molecule has 0 spiro atoms. The van der Waals surface area contributed by atoms with E-state index in [0.29, 0.717) is 11.1 Å². The van der Waals surface area contributed by atoms with Crippen LogP contribution in [0.15, 0.2) is 84.9 Å². The summed E-state index contributed by atoms with van der Waals surface area (Å²) in [6.45, 7) is 1.97. The van der Waals surface area contributed by atoms with Crippen LogP contribution in [0.2, 0.25) is 0 Å². The minimum absolute atomic E-state index is 0.0745. The van der Waals surface area contributed by atoms with E-state index >= 15 is 0 Å². The number of fused-ring (bicyclic) bond motifs is 2. The molecule has 126 valence electrons. The summed E-state index contributed by atoms with van der Waals surface area (Å²) in [7, 11) is 0. The zero-order valence-electron chi connectivity index (χ0n) is 14.5. The van der Waals surface area contributed by atoms with Crippen LogP contribution in [0.3, 0.4) is 0 Å². The Hall–Kier alpha value is -3.00. The van der Waals surface area contributed by atoms with Crippen LogP contribution >= 0.6 is 0 Å². The van der Waals surface area contributed by atoms with E-state index in [-0.39, 0.29) is 17.5 Å². The number of rotatable bonds is 2. The number of Topliss-reactive ketones (excluding diaryl/α,β-unsaturated/α-hetero) is 2. The molecule has 0 aliphatic heterocycles. The monoisotopic (exact) mass is 338 g/mol. The number of hydrogen-bond acceptors (Lipinski definition) is 2. The summed E-state index contributed by atoms with van der Waals surface area (Å²) in [4.78, 5) is 27.0. The molecule has 0 heterocycles. The Labute approximate surface area is 152 Å². The molecule has 26 heavy (non-hydrogen) atoms. The molecule has 0 aromatic heterocycles. The van der Waals surface area contributed by atoms with Crippen molar-refractivity contribution in [3.05, 3.63) is 107 Å². The highest BCUT2D eigenvalue weighted by Gasteiger charge is 2.82. The van der Waals surface area contributed by atoms with Crippen LogP contribution in [0.4, 0.5) is 0 Å². The molecule has 0 radical (unpaired) electrons. The van der Waals surface area contributed by atoms with Crippen LogP contribution in [0.5, 0.6) is 0 Å². The number of ketones is 2. The molecular weight excluding hydrogens is 320 g/mol. The maximum Gasteiger partial charge on any atom is 0.171 e. The standard InChI is InChI=1S/C24H18O2/c1-23-21(20(25)18-14-8-9-15-19(18)22(23)26)24(23,16-10-4-2-5-11-16)17-12-6-3-7-13-17/h2-15,21H,1H3/t21-,23-/m1/s1. The van der Waals surface area contributed by atoms with Gasteiger partial charge in [-0.05, 0) is 11.1 Å². The Balaban J connectivity index is 1.83. The summed E-state index contributed by atoms with van der Waals surface area (Å²) in [6, 6.07) is 27.3. The molecule has 3 aromatic rings. The second-order valence-electron chi connectivity index (χ2n) is 7.41. The smallest absolute Gasteiger partial charge is 0.171 e. The fourth-order valence-electron chi connectivity index (χ4n) is 5.22. The van der Waals surface area contributed by atoms with Gasteiger partial charge in [-0.3, -0.25) is 9.59 Å². The number of hydrogen-bond donors (Lipinski definition) is 0. The first-order valence-corrected chi connectivity index (χ1v) is 8.92. The second kappa shape index (κ2) is 5.01. The average molecular weight is 338 g/mol. The van der Waals surface area contributed by atoms with Crippen molar-refractivity contribution in [3.8, 4) is 0 Å². The van der Waals surface area contributed by atoms with Gasteiger partial charge in [0.05, 0.1) is 11.3 Å². The third-order valence-electron chi connectivity index (χ3n) is 6.38. The minimum Gasteiger partial charge on any atom is -0.294 e. The molecule has 2 heteroatoms. The Bertz CT molecular complexity index is 997. The van der Waals surface area contributed by atoms with Crippen LogP contribution in [-0.2, 0) is 5.41 Å². The Morgan fingerprint density at radius 2 is 1.12 bits per heavy atom. The first-order valence-electron chi connectivity index (χ1n) is 8.92. The molecule has 0 unspecified atom stereocenters. The van der Waals surface area contributed by atoms with Crippen molar-refractivity contribution in [1.29, 1.82) is 0 Å². The summed E-state index contributed by atoms with van der Waals surface area (Å²) in [5, 5.41) is 0. The van der Waals surface area contributed by atoms with Gasteiger partial charge < -0.3 is 0 Å². The van der Waals surface area contributed by atoms with Gasteiger partial charge in [0.1, 0.15) is 0 Å². The molecule has 5 rings (SSSR count). The van der Waals surface area contributed by atoms with E-state index in [0.717, 1.165) is 11.1 Å². The van der Waals surface area contributed by atoms with Crippen molar-refractivity contribution >= 4 is 11.6 Å². The maximum absolute atomic E-state index is 13.5. The predicted octanol–water partition coefficient (Wildman–Crippen LogP) is 4.69. The van der Waals surface area contributed by atoms with E-state index in [1.165, 1.54) is 0 Å². The van der Waals surface area contributed by atoms with Gasteiger partial charge in [0.15, 0.2) is 11.6 Å². The second-order valence-corrected chi connectivity index (χ2v) is 7.41. The first kappa shape index (κ1) is 15.3. The molecule has 0 N–H and O–H groups in total. The fraction of sp³-hybridized carbons (Fsp3) is 0.167. The van der Waals surface area contributed by atoms with Crippen molar-refractivity contribution < 1.29 is 9.59 Å².